The van der Waals surface area contributed by atoms with Crippen molar-refractivity contribution in [3.63, 3.8) is 0 Å². The molecule has 0 radical (unpaired) electrons. The van der Waals surface area contributed by atoms with Crippen LogP contribution in [0, 0.1) is 0 Å². The van der Waals surface area contributed by atoms with Crippen molar-refractivity contribution >= 4 is 28.4 Å². The highest BCUT2D eigenvalue weighted by molar-refractivity contribution is 7.89. The van der Waals surface area contributed by atoms with E-state index in [9.17, 15) is 26.4 Å². The first-order valence-electron chi connectivity index (χ1n) is 6.62. The van der Waals surface area contributed by atoms with Crippen LogP contribution in [0.1, 0.15) is 22.3 Å². The van der Waals surface area contributed by atoms with Gasteiger partial charge in [0.25, 0.3) is 0 Å². The molecule has 0 unspecified atom stereocenters. The molecule has 0 bridgehead atoms. The van der Waals surface area contributed by atoms with Gasteiger partial charge in [0.2, 0.25) is 10.0 Å². The Balaban J connectivity index is 0.00000288. The summed E-state index contributed by atoms with van der Waals surface area (Å²) in [6.45, 7) is 0.187. The molecule has 6 nitrogen and oxygen atoms in total. The van der Waals surface area contributed by atoms with Gasteiger partial charge in [0, 0.05) is 19.1 Å². The molecule has 2 N–H and O–H groups in total. The van der Waals surface area contributed by atoms with E-state index in [0.29, 0.717) is 12.5 Å². The Hall–Kier alpha value is -1.36. The molecule has 0 amide bonds. The largest absolute Gasteiger partial charge is 0.465 e. The number of methoxy groups -OCH3 is 1. The molecule has 0 aliphatic carbocycles. The molecule has 11 heteroatoms. The minimum Gasteiger partial charge on any atom is -0.465 e. The van der Waals surface area contributed by atoms with Crippen molar-refractivity contribution in [2.45, 2.75) is 23.5 Å². The van der Waals surface area contributed by atoms with Gasteiger partial charge in [-0.25, -0.2) is 13.2 Å². The molecule has 1 aromatic rings. The molecule has 0 saturated carbocycles. The van der Waals surface area contributed by atoms with Gasteiger partial charge in [-0.05, 0) is 24.6 Å². The monoisotopic (exact) mass is 388 g/mol. The molecule has 1 aromatic carbocycles. The zero-order valence-corrected chi connectivity index (χ0v) is 14.2. The van der Waals surface area contributed by atoms with Gasteiger partial charge in [-0.2, -0.15) is 17.5 Å². The van der Waals surface area contributed by atoms with E-state index in [0.717, 1.165) is 23.5 Å². The minimum absolute atomic E-state index is 0. The maximum Gasteiger partial charge on any atom is 0.417 e. The zero-order chi connectivity index (χ0) is 17.4. The number of benzene rings is 1. The lowest BCUT2D eigenvalue weighted by atomic mass is 10.1. The average molecular weight is 389 g/mol. The van der Waals surface area contributed by atoms with Gasteiger partial charge in [-0.15, -0.1) is 12.4 Å². The number of hydrogen-bond acceptors (Lipinski definition) is 5. The first-order valence-corrected chi connectivity index (χ1v) is 8.06. The lowest BCUT2D eigenvalue weighted by Crippen LogP contribution is -2.32. The Labute approximate surface area is 143 Å². The molecule has 1 aliphatic heterocycles. The van der Waals surface area contributed by atoms with E-state index >= 15 is 0 Å². The molecule has 136 valence electrons. The lowest BCUT2D eigenvalue weighted by molar-refractivity contribution is -0.138. The molecule has 1 aliphatic rings. The first kappa shape index (κ1) is 20.7. The molecule has 0 spiro atoms. The molecule has 24 heavy (non-hydrogen) atoms. The number of rotatable bonds is 3. The minimum atomic E-state index is -4.89. The fourth-order valence-corrected chi connectivity index (χ4v) is 3.87. The number of esters is 1. The Morgan fingerprint density at radius 3 is 2.46 bits per heavy atom. The summed E-state index contributed by atoms with van der Waals surface area (Å²) in [5.74, 6) is -1.19. The van der Waals surface area contributed by atoms with E-state index in [-0.39, 0.29) is 31.5 Å². The Bertz CT molecular complexity index is 724. The number of nitrogens with zero attached hydrogens (tertiary/aromatic N) is 1. The molecule has 1 fully saturated rings. The van der Waals surface area contributed by atoms with Crippen LogP contribution in [-0.4, -0.2) is 44.9 Å². The van der Waals surface area contributed by atoms with Crippen LogP contribution >= 0.6 is 12.4 Å². The summed E-state index contributed by atoms with van der Waals surface area (Å²) in [4.78, 5) is 10.9. The van der Waals surface area contributed by atoms with E-state index in [1.54, 1.807) is 0 Å². The zero-order valence-electron chi connectivity index (χ0n) is 12.5. The number of carbonyl (C=O) groups is 1. The van der Waals surface area contributed by atoms with Crippen LogP contribution in [0.2, 0.25) is 0 Å². The van der Waals surface area contributed by atoms with Crippen LogP contribution in [0.25, 0.3) is 0 Å². The average Bonchev–Trinajstić information content (AvgIpc) is 2.92. The molecule has 1 saturated heterocycles. The number of alkyl halides is 3. The number of ether oxygens (including phenoxy) is 1. The Morgan fingerprint density at radius 2 is 2.00 bits per heavy atom. The number of hydrogen-bond donors (Lipinski definition) is 1. The molecular weight excluding hydrogens is 373 g/mol. The predicted octanol–water partition coefficient (Wildman–Crippen LogP) is 1.64. The van der Waals surface area contributed by atoms with Gasteiger partial charge < -0.3 is 10.5 Å². The topological polar surface area (TPSA) is 89.7 Å². The second-order valence-electron chi connectivity index (χ2n) is 5.11. The summed E-state index contributed by atoms with van der Waals surface area (Å²) in [6, 6.07) is 1.87. The second-order valence-corrected chi connectivity index (χ2v) is 7.05. The Kier molecular flexibility index (Phi) is 6.26. The quantitative estimate of drug-likeness (QED) is 0.795. The van der Waals surface area contributed by atoms with Crippen molar-refractivity contribution in [3.05, 3.63) is 29.3 Å². The normalized spacial score (nSPS) is 19.0. The van der Waals surface area contributed by atoms with Crippen LogP contribution in [0.5, 0.6) is 0 Å². The van der Waals surface area contributed by atoms with Crippen molar-refractivity contribution in [2.24, 2.45) is 5.73 Å². The molecule has 1 atom stereocenters. The highest BCUT2D eigenvalue weighted by Crippen LogP contribution is 2.34. The third kappa shape index (κ3) is 4.00. The number of halogens is 4. The number of carbonyl (C=O) groups excluding carboxylic acids is 1. The van der Waals surface area contributed by atoms with Crippen molar-refractivity contribution in [2.75, 3.05) is 20.2 Å². The number of nitrogens with two attached hydrogens (primary N) is 1. The van der Waals surface area contributed by atoms with Gasteiger partial charge in [-0.1, -0.05) is 0 Å². The van der Waals surface area contributed by atoms with E-state index in [1.807, 2.05) is 0 Å². The van der Waals surface area contributed by atoms with Gasteiger partial charge in [0.15, 0.2) is 0 Å². The van der Waals surface area contributed by atoms with E-state index in [2.05, 4.69) is 4.74 Å². The summed E-state index contributed by atoms with van der Waals surface area (Å²) in [5.41, 5.74) is 3.54. The standard InChI is InChI=1S/C13H15F3N2O4S.ClH/c1-22-12(19)10-3-2-9(6-11(10)13(14,15)16)23(20,21)18-5-4-8(17)7-18;/h2-3,6,8H,4-5,7,17H2,1H3;1H/t8-;/m1./s1. The van der Waals surface area contributed by atoms with Gasteiger partial charge >= 0.3 is 12.1 Å². The summed E-state index contributed by atoms with van der Waals surface area (Å²) < 4.78 is 69.5. The highest BCUT2D eigenvalue weighted by Gasteiger charge is 2.38. The van der Waals surface area contributed by atoms with Crippen molar-refractivity contribution in [3.8, 4) is 0 Å². The van der Waals surface area contributed by atoms with Gasteiger partial charge in [0.05, 0.1) is 23.1 Å². The van der Waals surface area contributed by atoms with Crippen molar-refractivity contribution < 1.29 is 31.1 Å². The van der Waals surface area contributed by atoms with E-state index in [4.69, 9.17) is 5.73 Å². The SMILES string of the molecule is COC(=O)c1ccc(S(=O)(=O)N2CC[C@@H](N)C2)cc1C(F)(F)F.Cl. The van der Waals surface area contributed by atoms with Crippen molar-refractivity contribution in [1.29, 1.82) is 0 Å². The number of sulfonamides is 1. The first-order chi connectivity index (χ1) is 10.6. The van der Waals surface area contributed by atoms with Crippen LogP contribution in [0.3, 0.4) is 0 Å². The van der Waals surface area contributed by atoms with Crippen LogP contribution < -0.4 is 5.73 Å². The van der Waals surface area contributed by atoms with Crippen molar-refractivity contribution in [1.82, 2.24) is 4.31 Å². The third-order valence-corrected chi connectivity index (χ3v) is 5.39. The highest BCUT2D eigenvalue weighted by atomic mass is 35.5. The van der Waals surface area contributed by atoms with Gasteiger partial charge in [-0.3, -0.25) is 0 Å². The summed E-state index contributed by atoms with van der Waals surface area (Å²) >= 11 is 0. The third-order valence-electron chi connectivity index (χ3n) is 3.53. The maximum atomic E-state index is 13.1. The van der Waals surface area contributed by atoms with E-state index < -0.39 is 38.2 Å². The van der Waals surface area contributed by atoms with Crippen LogP contribution in [0.4, 0.5) is 13.2 Å². The summed E-state index contributed by atoms with van der Waals surface area (Å²) in [6.07, 6.45) is -4.46. The molecule has 1 heterocycles. The fraction of sp³-hybridized carbons (Fsp3) is 0.462. The molecule has 2 rings (SSSR count). The van der Waals surface area contributed by atoms with E-state index in [1.165, 1.54) is 0 Å². The molecule has 0 aromatic heterocycles. The predicted molar refractivity (Wildman–Crippen MR) is 81.4 cm³/mol. The van der Waals surface area contributed by atoms with Crippen LogP contribution in [-0.2, 0) is 20.9 Å². The van der Waals surface area contributed by atoms with Gasteiger partial charge in [0.1, 0.15) is 0 Å². The lowest BCUT2D eigenvalue weighted by Gasteiger charge is -2.18. The Morgan fingerprint density at radius 1 is 1.38 bits per heavy atom. The molecular formula is C13H16ClF3N2O4S. The summed E-state index contributed by atoms with van der Waals surface area (Å²) in [5, 5.41) is 0. The summed E-state index contributed by atoms with van der Waals surface area (Å²) in [7, 11) is -3.16. The maximum absolute atomic E-state index is 13.1. The van der Waals surface area contributed by atoms with Crippen LogP contribution in [0.15, 0.2) is 23.1 Å². The second kappa shape index (κ2) is 7.26. The smallest absolute Gasteiger partial charge is 0.417 e. The fourth-order valence-electron chi connectivity index (χ4n) is 2.33.